The molecule has 1 aromatic rings. The van der Waals surface area contributed by atoms with Gasteiger partial charge >= 0.3 is 11.9 Å². The molecule has 2 heterocycles. The number of carboxylic acid groups (broad SMARTS) is 2. The lowest BCUT2D eigenvalue weighted by Crippen LogP contribution is -2.58. The molecule has 0 saturated heterocycles. The molecular weight excluding hydrogens is 462 g/mol. The fourth-order valence-electron chi connectivity index (χ4n) is 3.81. The Bertz CT molecular complexity index is 1060. The number of amides is 2. The van der Waals surface area contributed by atoms with Crippen LogP contribution in [0.5, 0.6) is 0 Å². The second-order valence-corrected chi connectivity index (χ2v) is 8.04. The molecule has 2 aliphatic rings. The van der Waals surface area contributed by atoms with Crippen molar-refractivity contribution in [2.75, 3.05) is 25.0 Å². The lowest BCUT2D eigenvalue weighted by atomic mass is 10.1. The quantitative estimate of drug-likeness (QED) is 0.179. The number of aliphatic hydroxyl groups excluding tert-OH is 1. The van der Waals surface area contributed by atoms with Crippen molar-refractivity contribution in [1.29, 1.82) is 0 Å². The highest BCUT2D eigenvalue weighted by Gasteiger charge is 2.35. The monoisotopic (exact) mass is 489 g/mol. The number of carbonyl (C=O) groups excluding carboxylic acids is 2. The zero-order chi connectivity index (χ0) is 25.7. The number of nitrogens with two attached hydrogens (primary N) is 1. The zero-order valence-electron chi connectivity index (χ0n) is 18.8. The molecule has 2 unspecified atom stereocenters. The Kier molecular flexibility index (Phi) is 7.76. The summed E-state index contributed by atoms with van der Waals surface area (Å²) in [4.78, 5) is 53.3. The predicted octanol–water partition coefficient (Wildman–Crippen LogP) is -1.99. The molecule has 0 fully saturated rings. The van der Waals surface area contributed by atoms with E-state index in [4.69, 9.17) is 10.8 Å². The topological polar surface area (TPSA) is 210 Å². The van der Waals surface area contributed by atoms with Gasteiger partial charge in [-0.05, 0) is 30.7 Å². The number of nitrogens with one attached hydrogen (secondary N) is 3. The van der Waals surface area contributed by atoms with Crippen LogP contribution in [0.4, 0.5) is 5.69 Å². The van der Waals surface area contributed by atoms with Gasteiger partial charge in [0.15, 0.2) is 12.2 Å². The maximum atomic E-state index is 12.4. The number of aliphatic carboxylic acids is 2. The van der Waals surface area contributed by atoms with E-state index in [9.17, 15) is 29.4 Å². The van der Waals surface area contributed by atoms with E-state index in [-0.39, 0.29) is 36.1 Å². The number of hydrogen-bond acceptors (Lipinski definition) is 10. The van der Waals surface area contributed by atoms with E-state index in [0.717, 1.165) is 5.69 Å². The lowest BCUT2D eigenvalue weighted by molar-refractivity contribution is -0.140. The number of guanidine groups is 1. The summed E-state index contributed by atoms with van der Waals surface area (Å²) in [6.07, 6.45) is -1.30. The van der Waals surface area contributed by atoms with Gasteiger partial charge in [0.25, 0.3) is 5.91 Å². The molecule has 188 valence electrons. The van der Waals surface area contributed by atoms with Crippen molar-refractivity contribution in [3.8, 4) is 0 Å². The first-order valence-electron chi connectivity index (χ1n) is 10.7. The summed E-state index contributed by atoms with van der Waals surface area (Å²) in [6, 6.07) is 4.68. The first-order chi connectivity index (χ1) is 16.6. The van der Waals surface area contributed by atoms with Crippen molar-refractivity contribution in [2.24, 2.45) is 10.7 Å². The first kappa shape index (κ1) is 25.3. The molecule has 0 saturated carbocycles. The van der Waals surface area contributed by atoms with E-state index in [1.807, 2.05) is 4.90 Å². The van der Waals surface area contributed by atoms with Gasteiger partial charge in [-0.25, -0.2) is 9.79 Å². The number of rotatable bonds is 10. The second-order valence-electron chi connectivity index (χ2n) is 8.04. The molecule has 2 aliphatic heterocycles. The van der Waals surface area contributed by atoms with E-state index in [0.29, 0.717) is 25.3 Å². The first-order valence-corrected chi connectivity index (χ1v) is 10.7. The molecule has 35 heavy (non-hydrogen) atoms. The molecule has 3 rings (SSSR count). The van der Waals surface area contributed by atoms with E-state index in [1.165, 1.54) is 17.0 Å². The fourth-order valence-corrected chi connectivity index (χ4v) is 3.81. The molecule has 0 bridgehead atoms. The molecule has 1 aromatic carbocycles. The second kappa shape index (κ2) is 10.7. The summed E-state index contributed by atoms with van der Waals surface area (Å²) in [7, 11) is 1.79. The maximum absolute atomic E-state index is 12.4. The Hall–Kier alpha value is -4.33. The largest absolute Gasteiger partial charge is 0.481 e. The molecule has 3 atom stereocenters. The number of aliphatic hydroxyl groups is 1. The van der Waals surface area contributed by atoms with Crippen LogP contribution >= 0.6 is 0 Å². The van der Waals surface area contributed by atoms with E-state index in [2.05, 4.69) is 20.9 Å². The minimum absolute atomic E-state index is 0.0332. The molecule has 14 heteroatoms. The highest BCUT2D eigenvalue weighted by Crippen LogP contribution is 2.23. The third-order valence-corrected chi connectivity index (χ3v) is 5.62. The molecule has 14 nitrogen and oxygen atoms in total. The third kappa shape index (κ3) is 5.97. The van der Waals surface area contributed by atoms with Crippen molar-refractivity contribution in [3.05, 3.63) is 41.3 Å². The van der Waals surface area contributed by atoms with Crippen LogP contribution < -0.4 is 26.6 Å². The van der Waals surface area contributed by atoms with E-state index < -0.39 is 30.1 Å². The molecule has 0 spiro atoms. The Morgan fingerprint density at radius 2 is 2.00 bits per heavy atom. The normalized spacial score (nSPS) is 19.9. The van der Waals surface area contributed by atoms with Crippen molar-refractivity contribution >= 4 is 35.9 Å². The Morgan fingerprint density at radius 1 is 1.31 bits per heavy atom. The zero-order valence-corrected chi connectivity index (χ0v) is 18.8. The van der Waals surface area contributed by atoms with Gasteiger partial charge in [-0.15, -0.1) is 0 Å². The number of likely N-dealkylation sites (N-methyl/N-ethyl adjacent to an activating group) is 1. The van der Waals surface area contributed by atoms with E-state index >= 15 is 0 Å². The van der Waals surface area contributed by atoms with Crippen molar-refractivity contribution in [3.63, 3.8) is 0 Å². The van der Waals surface area contributed by atoms with Crippen LogP contribution in [0.3, 0.4) is 0 Å². The lowest BCUT2D eigenvalue weighted by Gasteiger charge is -2.41. The molecular formula is C21H27N7O7. The average molecular weight is 489 g/mol. The van der Waals surface area contributed by atoms with Gasteiger partial charge in [-0.3, -0.25) is 14.4 Å². The Balaban J connectivity index is 1.64. The van der Waals surface area contributed by atoms with Gasteiger partial charge in [-0.1, -0.05) is 0 Å². The van der Waals surface area contributed by atoms with Gasteiger partial charge in [0.1, 0.15) is 17.6 Å². The number of nitrogens with zero attached hydrogens (tertiary/aromatic N) is 3. The van der Waals surface area contributed by atoms with E-state index in [1.54, 1.807) is 19.2 Å². The van der Waals surface area contributed by atoms with Gasteiger partial charge in [0.05, 0.1) is 6.04 Å². The molecule has 0 aromatic heterocycles. The predicted molar refractivity (Wildman–Crippen MR) is 123 cm³/mol. The summed E-state index contributed by atoms with van der Waals surface area (Å²) < 4.78 is 0. The standard InChI is InChI=1S/C21H27N7O7/c1-27(9-13-8-23-17-16(28(13)10-29)19(33)26-21(22)25-17)12-4-2-11(3-5-12)18(32)24-14(20(34)35)6-7-15(30)31/h2-5,10,13-14,19,23,33H,6-9H2,1H3,(H,24,32)(H,30,31)(H,34,35)(H3,22,25,26)/t13?,14-,19?/m0/s1. The summed E-state index contributed by atoms with van der Waals surface area (Å²) in [5.74, 6) is -2.67. The number of hydrogen-bond donors (Lipinski definition) is 7. The maximum Gasteiger partial charge on any atom is 0.326 e. The molecule has 2 amide bonds. The number of carboxylic acids is 2. The van der Waals surface area contributed by atoms with Crippen LogP contribution in [-0.2, 0) is 14.4 Å². The minimum Gasteiger partial charge on any atom is -0.481 e. The summed E-state index contributed by atoms with van der Waals surface area (Å²) >= 11 is 0. The number of carbonyl (C=O) groups is 4. The third-order valence-electron chi connectivity index (χ3n) is 5.62. The summed E-state index contributed by atoms with van der Waals surface area (Å²) in [5, 5.41) is 36.4. The summed E-state index contributed by atoms with van der Waals surface area (Å²) in [5.41, 5.74) is 6.81. The smallest absolute Gasteiger partial charge is 0.326 e. The van der Waals surface area contributed by atoms with Gasteiger partial charge in [0.2, 0.25) is 6.41 Å². The number of benzene rings is 1. The van der Waals surface area contributed by atoms with Crippen LogP contribution in [0.1, 0.15) is 23.2 Å². The Labute approximate surface area is 200 Å². The van der Waals surface area contributed by atoms with Gasteiger partial charge in [0, 0.05) is 37.8 Å². The highest BCUT2D eigenvalue weighted by atomic mass is 16.4. The minimum atomic E-state index is -1.32. The van der Waals surface area contributed by atoms with Crippen LogP contribution in [0, 0.1) is 0 Å². The van der Waals surface area contributed by atoms with Gasteiger partial charge in [-0.2, -0.15) is 0 Å². The van der Waals surface area contributed by atoms with Gasteiger partial charge < -0.3 is 46.8 Å². The van der Waals surface area contributed by atoms with Crippen LogP contribution in [0.15, 0.2) is 40.8 Å². The molecule has 0 aliphatic carbocycles. The highest BCUT2D eigenvalue weighted by molar-refractivity contribution is 5.97. The molecule has 0 radical (unpaired) electrons. The number of anilines is 1. The van der Waals surface area contributed by atoms with Crippen LogP contribution in [-0.4, -0.2) is 88.9 Å². The van der Waals surface area contributed by atoms with Crippen molar-refractivity contribution in [1.82, 2.24) is 20.9 Å². The van der Waals surface area contributed by atoms with Crippen molar-refractivity contribution in [2.45, 2.75) is 31.2 Å². The Morgan fingerprint density at radius 3 is 2.60 bits per heavy atom. The van der Waals surface area contributed by atoms with Crippen molar-refractivity contribution < 1.29 is 34.5 Å². The average Bonchev–Trinajstić information content (AvgIpc) is 2.81. The number of aliphatic imine (C=N–C) groups is 1. The molecule has 8 N–H and O–H groups in total. The van der Waals surface area contributed by atoms with Crippen LogP contribution in [0.25, 0.3) is 0 Å². The fraction of sp³-hybridized carbons (Fsp3) is 0.381. The van der Waals surface area contributed by atoms with Crippen LogP contribution in [0.2, 0.25) is 0 Å². The summed E-state index contributed by atoms with van der Waals surface area (Å²) in [6.45, 7) is 0.749. The SMILES string of the molecule is CN(CC1CNC2=C(C(O)N=C(N)N2)N1C=O)c1ccc(C(=O)N[C@@H](CCC(=O)O)C(=O)O)cc1.